The Labute approximate surface area is 100 Å². The Kier molecular flexibility index (Phi) is 3.54. The fraction of sp³-hybridized carbons (Fsp3) is 0.154. The van der Waals surface area contributed by atoms with Gasteiger partial charge in [0.15, 0.2) is 0 Å². The first kappa shape index (κ1) is 11.1. The molecule has 0 spiro atoms. The molecule has 3 heteroatoms. The second-order valence-electron chi connectivity index (χ2n) is 3.69. The molecule has 0 aliphatic rings. The second kappa shape index (κ2) is 5.10. The molecule has 2 rings (SSSR count). The van der Waals surface area contributed by atoms with Gasteiger partial charge in [0.25, 0.3) is 0 Å². The van der Waals surface area contributed by atoms with Crippen molar-refractivity contribution in [3.8, 4) is 0 Å². The number of nitrogens with two attached hydrogens (primary N) is 1. The maximum Gasteiger partial charge on any atom is 0.0637 e. The topological polar surface area (TPSA) is 38.9 Å². The number of benzene rings is 1. The zero-order chi connectivity index (χ0) is 11.4. The first-order valence-electron chi connectivity index (χ1n) is 5.16. The van der Waals surface area contributed by atoms with E-state index in [1.165, 1.54) is 5.56 Å². The van der Waals surface area contributed by atoms with E-state index in [0.29, 0.717) is 5.02 Å². The number of rotatable bonds is 3. The Bertz CT molecular complexity index is 456. The number of hydrogen-bond donors (Lipinski definition) is 1. The first-order chi connectivity index (χ1) is 7.77. The zero-order valence-electron chi connectivity index (χ0n) is 8.81. The van der Waals surface area contributed by atoms with Gasteiger partial charge in [-0.25, -0.2) is 0 Å². The minimum absolute atomic E-state index is 0.0853. The van der Waals surface area contributed by atoms with Crippen LogP contribution < -0.4 is 5.73 Å². The van der Waals surface area contributed by atoms with Crippen LogP contribution in [0.1, 0.15) is 17.2 Å². The Hall–Kier alpha value is -1.38. The predicted octanol–water partition coefficient (Wildman–Crippen LogP) is 2.98. The van der Waals surface area contributed by atoms with Crippen molar-refractivity contribution in [1.29, 1.82) is 0 Å². The van der Waals surface area contributed by atoms with Crippen LogP contribution in [0, 0.1) is 0 Å². The van der Waals surface area contributed by atoms with E-state index in [1.807, 2.05) is 24.3 Å². The van der Waals surface area contributed by atoms with Crippen LogP contribution in [-0.2, 0) is 6.42 Å². The van der Waals surface area contributed by atoms with E-state index >= 15 is 0 Å². The van der Waals surface area contributed by atoms with E-state index in [4.69, 9.17) is 17.3 Å². The van der Waals surface area contributed by atoms with E-state index in [0.717, 1.165) is 12.0 Å². The molecule has 2 aromatic rings. The smallest absolute Gasteiger partial charge is 0.0637 e. The summed E-state index contributed by atoms with van der Waals surface area (Å²) in [7, 11) is 0. The fourth-order valence-corrected chi connectivity index (χ4v) is 1.92. The molecule has 0 saturated carbocycles. The van der Waals surface area contributed by atoms with Crippen molar-refractivity contribution in [2.24, 2.45) is 5.73 Å². The standard InChI is InChI=1S/C13H13ClN2/c14-12-9-16-7-6-11(12)13(15)8-10-4-2-1-3-5-10/h1-7,9,13H,8,15H2. The van der Waals surface area contributed by atoms with Crippen LogP contribution in [0.2, 0.25) is 5.02 Å². The molecule has 0 fully saturated rings. The maximum absolute atomic E-state index is 6.12. The normalized spacial score (nSPS) is 12.4. The molecule has 0 aliphatic carbocycles. The van der Waals surface area contributed by atoms with E-state index < -0.39 is 0 Å². The van der Waals surface area contributed by atoms with Crippen molar-refractivity contribution < 1.29 is 0 Å². The third-order valence-corrected chi connectivity index (χ3v) is 2.82. The van der Waals surface area contributed by atoms with Gasteiger partial charge in [-0.15, -0.1) is 0 Å². The summed E-state index contributed by atoms with van der Waals surface area (Å²) < 4.78 is 0. The van der Waals surface area contributed by atoms with Crippen molar-refractivity contribution in [1.82, 2.24) is 4.98 Å². The lowest BCUT2D eigenvalue weighted by Crippen LogP contribution is -2.13. The van der Waals surface area contributed by atoms with Gasteiger partial charge < -0.3 is 5.73 Å². The van der Waals surface area contributed by atoms with Crippen molar-refractivity contribution in [3.05, 3.63) is 64.9 Å². The SMILES string of the molecule is NC(Cc1ccccc1)c1ccncc1Cl. The fourth-order valence-electron chi connectivity index (χ4n) is 1.66. The quantitative estimate of drug-likeness (QED) is 0.884. The van der Waals surface area contributed by atoms with Gasteiger partial charge in [0.1, 0.15) is 0 Å². The van der Waals surface area contributed by atoms with Gasteiger partial charge >= 0.3 is 0 Å². The Morgan fingerprint density at radius 2 is 1.94 bits per heavy atom. The van der Waals surface area contributed by atoms with Crippen molar-refractivity contribution in [3.63, 3.8) is 0 Å². The molecule has 0 amide bonds. The molecular formula is C13H13ClN2. The highest BCUT2D eigenvalue weighted by Gasteiger charge is 2.10. The molecule has 1 aromatic heterocycles. The summed E-state index contributed by atoms with van der Waals surface area (Å²) in [6, 6.07) is 11.9. The molecule has 2 N–H and O–H groups in total. The minimum Gasteiger partial charge on any atom is -0.324 e. The van der Waals surface area contributed by atoms with Crippen LogP contribution >= 0.6 is 11.6 Å². The molecule has 1 unspecified atom stereocenters. The van der Waals surface area contributed by atoms with Crippen LogP contribution in [0.4, 0.5) is 0 Å². The van der Waals surface area contributed by atoms with Crippen molar-refractivity contribution in [2.45, 2.75) is 12.5 Å². The lowest BCUT2D eigenvalue weighted by atomic mass is 10.0. The number of aromatic nitrogens is 1. The molecule has 0 radical (unpaired) electrons. The molecular weight excluding hydrogens is 220 g/mol. The van der Waals surface area contributed by atoms with Gasteiger partial charge in [0, 0.05) is 18.4 Å². The maximum atomic E-state index is 6.12. The van der Waals surface area contributed by atoms with Crippen LogP contribution in [0.5, 0.6) is 0 Å². The highest BCUT2D eigenvalue weighted by molar-refractivity contribution is 6.31. The van der Waals surface area contributed by atoms with Crippen LogP contribution in [0.15, 0.2) is 48.8 Å². The summed E-state index contributed by atoms with van der Waals surface area (Å²) in [6.07, 6.45) is 4.12. The molecule has 0 bridgehead atoms. The highest BCUT2D eigenvalue weighted by atomic mass is 35.5. The minimum atomic E-state index is -0.0853. The molecule has 0 aliphatic heterocycles. The summed E-state index contributed by atoms with van der Waals surface area (Å²) in [5, 5.41) is 0.630. The van der Waals surface area contributed by atoms with Gasteiger partial charge in [-0.1, -0.05) is 41.9 Å². The van der Waals surface area contributed by atoms with Crippen LogP contribution in [0.25, 0.3) is 0 Å². The molecule has 2 nitrogen and oxygen atoms in total. The van der Waals surface area contributed by atoms with Gasteiger partial charge in [0.05, 0.1) is 5.02 Å². The third-order valence-electron chi connectivity index (χ3n) is 2.50. The van der Waals surface area contributed by atoms with Gasteiger partial charge in [-0.2, -0.15) is 0 Å². The molecule has 16 heavy (non-hydrogen) atoms. The predicted molar refractivity (Wildman–Crippen MR) is 66.3 cm³/mol. The van der Waals surface area contributed by atoms with E-state index in [-0.39, 0.29) is 6.04 Å². The average Bonchev–Trinajstić information content (AvgIpc) is 2.31. The number of nitrogens with zero attached hydrogens (tertiary/aromatic N) is 1. The van der Waals surface area contributed by atoms with Crippen LogP contribution in [-0.4, -0.2) is 4.98 Å². The Morgan fingerprint density at radius 3 is 2.62 bits per heavy atom. The van der Waals surface area contributed by atoms with Gasteiger partial charge in [-0.3, -0.25) is 4.98 Å². The summed E-state index contributed by atoms with van der Waals surface area (Å²) in [5.41, 5.74) is 8.27. The number of halogens is 1. The van der Waals surface area contributed by atoms with Crippen molar-refractivity contribution in [2.75, 3.05) is 0 Å². The molecule has 1 atom stereocenters. The second-order valence-corrected chi connectivity index (χ2v) is 4.10. The first-order valence-corrected chi connectivity index (χ1v) is 5.54. The molecule has 1 aromatic carbocycles. The molecule has 0 saturated heterocycles. The van der Waals surface area contributed by atoms with Crippen molar-refractivity contribution >= 4 is 11.6 Å². The highest BCUT2D eigenvalue weighted by Crippen LogP contribution is 2.22. The zero-order valence-corrected chi connectivity index (χ0v) is 9.56. The molecule has 82 valence electrons. The third kappa shape index (κ3) is 2.60. The largest absolute Gasteiger partial charge is 0.324 e. The number of hydrogen-bond acceptors (Lipinski definition) is 2. The van der Waals surface area contributed by atoms with E-state index in [2.05, 4.69) is 17.1 Å². The average molecular weight is 233 g/mol. The summed E-state index contributed by atoms with van der Waals surface area (Å²) >= 11 is 6.04. The van der Waals surface area contributed by atoms with E-state index in [9.17, 15) is 0 Å². The van der Waals surface area contributed by atoms with Crippen LogP contribution in [0.3, 0.4) is 0 Å². The lowest BCUT2D eigenvalue weighted by molar-refractivity contribution is 0.721. The summed E-state index contributed by atoms with van der Waals surface area (Å²) in [5.74, 6) is 0. The summed E-state index contributed by atoms with van der Waals surface area (Å²) in [6.45, 7) is 0. The van der Waals surface area contributed by atoms with Gasteiger partial charge in [-0.05, 0) is 23.6 Å². The van der Waals surface area contributed by atoms with Gasteiger partial charge in [0.2, 0.25) is 0 Å². The Balaban J connectivity index is 2.15. The Morgan fingerprint density at radius 1 is 1.19 bits per heavy atom. The monoisotopic (exact) mass is 232 g/mol. The molecule has 1 heterocycles. The lowest BCUT2D eigenvalue weighted by Gasteiger charge is -2.13. The number of pyridine rings is 1. The van der Waals surface area contributed by atoms with E-state index in [1.54, 1.807) is 12.4 Å². The summed E-state index contributed by atoms with van der Waals surface area (Å²) in [4.78, 5) is 3.95.